The second-order valence-electron chi connectivity index (χ2n) is 2.46. The van der Waals surface area contributed by atoms with E-state index in [1.165, 1.54) is 6.92 Å². The predicted molar refractivity (Wildman–Crippen MR) is 35.3 cm³/mol. The van der Waals surface area contributed by atoms with Gasteiger partial charge >= 0.3 is 0 Å². The Labute approximate surface area is 64.5 Å². The molecule has 0 saturated heterocycles. The van der Waals surface area contributed by atoms with Crippen molar-refractivity contribution in [3.05, 3.63) is 0 Å². The van der Waals surface area contributed by atoms with Crippen molar-refractivity contribution in [3.63, 3.8) is 0 Å². The lowest BCUT2D eigenvalue weighted by atomic mass is 10.1. The third-order valence-corrected chi connectivity index (χ3v) is 1.41. The van der Waals surface area contributed by atoms with Crippen LogP contribution in [0.15, 0.2) is 0 Å². The molecule has 0 aromatic carbocycles. The zero-order valence-corrected chi connectivity index (χ0v) is 6.21. The quantitative estimate of drug-likeness (QED) is 0.382. The van der Waals surface area contributed by atoms with Crippen LogP contribution in [0.4, 0.5) is 0 Å². The Bertz CT molecular complexity index is 105. The van der Waals surface area contributed by atoms with Gasteiger partial charge in [0.05, 0.1) is 6.10 Å². The van der Waals surface area contributed by atoms with E-state index in [2.05, 4.69) is 0 Å². The minimum Gasteiger partial charge on any atom is -0.391 e. The van der Waals surface area contributed by atoms with Gasteiger partial charge in [-0.15, -0.1) is 0 Å². The fraction of sp³-hybridized carbons (Fsp3) is 1.00. The summed E-state index contributed by atoms with van der Waals surface area (Å²) in [5.41, 5.74) is 0. The summed E-state index contributed by atoms with van der Waals surface area (Å²) in [7, 11) is 0. The van der Waals surface area contributed by atoms with Crippen molar-refractivity contribution in [3.8, 4) is 0 Å². The lowest BCUT2D eigenvalue weighted by molar-refractivity contribution is -0.116. The minimum atomic E-state index is -1.58. The average Bonchev–Trinajstić information content (AvgIpc) is 2.00. The second kappa shape index (κ2) is 4.63. The van der Waals surface area contributed by atoms with Crippen LogP contribution >= 0.6 is 0 Å². The summed E-state index contributed by atoms with van der Waals surface area (Å²) in [6.07, 6.45) is -5.74. The molecule has 0 spiro atoms. The van der Waals surface area contributed by atoms with Gasteiger partial charge in [-0.25, -0.2) is 5.11 Å². The van der Waals surface area contributed by atoms with Gasteiger partial charge in [0, 0.05) is 0 Å². The lowest BCUT2D eigenvalue weighted by Crippen LogP contribution is -2.44. The predicted octanol–water partition coefficient (Wildman–Crippen LogP) is -2.12. The molecule has 0 aliphatic heterocycles. The van der Waals surface area contributed by atoms with Crippen molar-refractivity contribution in [1.82, 2.24) is 0 Å². The van der Waals surface area contributed by atoms with Gasteiger partial charge in [0.15, 0.2) is 0 Å². The maximum Gasteiger partial charge on any atom is 0.111 e. The highest BCUT2D eigenvalue weighted by Gasteiger charge is 2.27. The molecule has 4 N–H and O–H groups in total. The number of aliphatic hydroxyl groups is 4. The molecule has 0 amide bonds. The molecule has 67 valence electrons. The van der Waals surface area contributed by atoms with Crippen LogP contribution in [-0.2, 0) is 5.11 Å². The molecule has 0 heterocycles. The fourth-order valence-corrected chi connectivity index (χ4v) is 0.612. The molecule has 0 unspecified atom stereocenters. The Morgan fingerprint density at radius 2 is 1.55 bits per heavy atom. The Hall–Kier alpha value is -0.200. The van der Waals surface area contributed by atoms with E-state index in [0.29, 0.717) is 0 Å². The van der Waals surface area contributed by atoms with E-state index in [-0.39, 0.29) is 0 Å². The van der Waals surface area contributed by atoms with E-state index in [0.717, 1.165) is 0 Å². The fourth-order valence-electron chi connectivity index (χ4n) is 0.612. The first-order valence-corrected chi connectivity index (χ1v) is 3.31. The summed E-state index contributed by atoms with van der Waals surface area (Å²) in [4.78, 5) is 0. The van der Waals surface area contributed by atoms with Crippen LogP contribution in [-0.4, -0.2) is 51.4 Å². The van der Waals surface area contributed by atoms with Crippen LogP contribution in [0, 0.1) is 0 Å². The molecule has 0 fully saturated rings. The molecule has 11 heavy (non-hydrogen) atoms. The number of aliphatic hydroxyl groups excluding tert-OH is 4. The third kappa shape index (κ3) is 3.13. The van der Waals surface area contributed by atoms with Crippen molar-refractivity contribution in [2.45, 2.75) is 31.3 Å². The normalized spacial score (nSPS) is 22.4. The zero-order chi connectivity index (χ0) is 9.02. The minimum absolute atomic E-state index is 0.898. The highest BCUT2D eigenvalue weighted by molar-refractivity contribution is 4.77. The highest BCUT2D eigenvalue weighted by Crippen LogP contribution is 2.03. The largest absolute Gasteiger partial charge is 0.391 e. The lowest BCUT2D eigenvalue weighted by Gasteiger charge is -2.22. The first kappa shape index (κ1) is 10.8. The molecule has 5 heteroatoms. The zero-order valence-electron chi connectivity index (χ0n) is 6.21. The summed E-state index contributed by atoms with van der Waals surface area (Å²) in [5, 5.41) is 45.2. The molecule has 0 bridgehead atoms. The van der Waals surface area contributed by atoms with Crippen molar-refractivity contribution < 1.29 is 25.5 Å². The van der Waals surface area contributed by atoms with Crippen LogP contribution in [0.5, 0.6) is 0 Å². The monoisotopic (exact) mass is 165 g/mol. The Kier molecular flexibility index (Phi) is 4.55. The number of hydrogen-bond donors (Lipinski definition) is 4. The average molecular weight is 165 g/mol. The molecule has 1 radical (unpaired) electrons. The van der Waals surface area contributed by atoms with Gasteiger partial charge in [-0.3, -0.25) is 0 Å². The van der Waals surface area contributed by atoms with Crippen LogP contribution in [0.3, 0.4) is 0 Å². The summed E-state index contributed by atoms with van der Waals surface area (Å²) in [6.45, 7) is 0.357. The smallest absolute Gasteiger partial charge is 0.111 e. The van der Waals surface area contributed by atoms with Crippen LogP contribution in [0.25, 0.3) is 0 Å². The van der Waals surface area contributed by atoms with Crippen LogP contribution < -0.4 is 0 Å². The Morgan fingerprint density at radius 3 is 1.82 bits per heavy atom. The molecule has 4 atom stereocenters. The summed E-state index contributed by atoms with van der Waals surface area (Å²) in [5.74, 6) is 0. The molecule has 0 aromatic rings. The Morgan fingerprint density at radius 1 is 1.09 bits per heavy atom. The molecule has 0 rings (SSSR count). The topological polar surface area (TPSA) is 101 Å². The molecule has 0 aromatic heterocycles. The third-order valence-electron chi connectivity index (χ3n) is 1.41. The van der Waals surface area contributed by atoms with E-state index in [4.69, 9.17) is 20.4 Å². The van der Waals surface area contributed by atoms with Gasteiger partial charge in [0.2, 0.25) is 0 Å². The van der Waals surface area contributed by atoms with Gasteiger partial charge in [-0.1, -0.05) is 0 Å². The van der Waals surface area contributed by atoms with Crippen molar-refractivity contribution in [2.24, 2.45) is 0 Å². The van der Waals surface area contributed by atoms with E-state index < -0.39 is 31.0 Å². The first-order valence-electron chi connectivity index (χ1n) is 3.31. The number of hydrogen-bond acceptors (Lipinski definition) is 4. The molecule has 0 saturated carbocycles. The van der Waals surface area contributed by atoms with Gasteiger partial charge in [0.25, 0.3) is 0 Å². The van der Waals surface area contributed by atoms with E-state index in [9.17, 15) is 5.11 Å². The van der Waals surface area contributed by atoms with Gasteiger partial charge in [-0.05, 0) is 6.92 Å². The molecular formula is C6H13O5. The molecule has 0 aliphatic carbocycles. The van der Waals surface area contributed by atoms with Gasteiger partial charge < -0.3 is 20.4 Å². The highest BCUT2D eigenvalue weighted by atomic mass is 16.4. The second-order valence-corrected chi connectivity index (χ2v) is 2.46. The van der Waals surface area contributed by atoms with Crippen molar-refractivity contribution >= 4 is 0 Å². The summed E-state index contributed by atoms with van der Waals surface area (Å²) >= 11 is 0. The van der Waals surface area contributed by atoms with Gasteiger partial charge in [-0.2, -0.15) is 0 Å². The molecule has 0 aliphatic rings. The summed E-state index contributed by atoms with van der Waals surface area (Å²) < 4.78 is 0. The maximum atomic E-state index is 10.00. The molecule has 5 nitrogen and oxygen atoms in total. The number of rotatable bonds is 4. The van der Waals surface area contributed by atoms with Crippen LogP contribution in [0.2, 0.25) is 0 Å². The van der Waals surface area contributed by atoms with E-state index >= 15 is 0 Å². The van der Waals surface area contributed by atoms with Gasteiger partial charge in [0.1, 0.15) is 24.9 Å². The Balaban J connectivity index is 3.90. The van der Waals surface area contributed by atoms with Crippen molar-refractivity contribution in [2.75, 3.05) is 6.61 Å². The maximum absolute atomic E-state index is 10.00. The molecular weight excluding hydrogens is 152 g/mol. The van der Waals surface area contributed by atoms with E-state index in [1.807, 2.05) is 0 Å². The SMILES string of the molecule is C[C@@H](O)[C@H](O)[C@H](O)[C@@H](O)C[O]. The van der Waals surface area contributed by atoms with Crippen LogP contribution in [0.1, 0.15) is 6.92 Å². The summed E-state index contributed by atoms with van der Waals surface area (Å²) in [6, 6.07) is 0. The standard InChI is InChI=1S/C6H13O5/c1-3(8)5(10)6(11)4(9)2-7/h3-6,8-11H,2H2,1H3/t3-,4+,5+,6-/m1/s1. The first-order chi connectivity index (χ1) is 5.00. The van der Waals surface area contributed by atoms with E-state index in [1.54, 1.807) is 0 Å². The van der Waals surface area contributed by atoms with Crippen molar-refractivity contribution in [1.29, 1.82) is 0 Å².